The third kappa shape index (κ3) is 2.76. The quantitative estimate of drug-likeness (QED) is 0.884. The van der Waals surface area contributed by atoms with Gasteiger partial charge in [-0.2, -0.15) is 5.10 Å². The summed E-state index contributed by atoms with van der Waals surface area (Å²) in [6.45, 7) is 2.11. The first-order valence-corrected chi connectivity index (χ1v) is 8.03. The molecule has 2 aliphatic heterocycles. The lowest BCUT2D eigenvalue weighted by atomic mass is 9.87. The highest BCUT2D eigenvalue weighted by atomic mass is 35.5. The summed E-state index contributed by atoms with van der Waals surface area (Å²) in [7, 11) is 0. The number of carbonyl (C=O) groups excluding carboxylic acids is 1. The van der Waals surface area contributed by atoms with Crippen molar-refractivity contribution in [2.75, 3.05) is 19.7 Å². The Kier molecular flexibility index (Phi) is 4.78. The number of para-hydroxylation sites is 1. The number of fused-ring (bicyclic) bond motifs is 1. The van der Waals surface area contributed by atoms with Gasteiger partial charge in [-0.25, -0.2) is 0 Å². The van der Waals surface area contributed by atoms with E-state index in [0.717, 1.165) is 37.2 Å². The van der Waals surface area contributed by atoms with Crippen LogP contribution in [-0.4, -0.2) is 35.4 Å². The molecule has 1 amide bonds. The zero-order valence-electron chi connectivity index (χ0n) is 13.3. The maximum Gasteiger partial charge on any atom is 0.248 e. The third-order valence-corrected chi connectivity index (χ3v) is 4.80. The normalized spacial score (nSPS) is 21.2. The minimum Gasteiger partial charge on any atom is -0.491 e. The summed E-state index contributed by atoms with van der Waals surface area (Å²) in [5.74, 6) is 0.879. The Labute approximate surface area is 147 Å². The van der Waals surface area contributed by atoms with Crippen molar-refractivity contribution in [2.24, 2.45) is 0 Å². The number of hydrogen-bond acceptors (Lipinski definition) is 4. The molecule has 128 valence electrons. The molecule has 7 heteroatoms. The van der Waals surface area contributed by atoms with E-state index in [4.69, 9.17) is 4.74 Å². The van der Waals surface area contributed by atoms with Crippen molar-refractivity contribution in [3.8, 4) is 5.75 Å². The number of piperidine rings is 1. The number of halogens is 1. The van der Waals surface area contributed by atoms with Gasteiger partial charge < -0.3 is 15.4 Å². The summed E-state index contributed by atoms with van der Waals surface area (Å²) < 4.78 is 7.48. The predicted molar refractivity (Wildman–Crippen MR) is 92.4 cm³/mol. The molecule has 0 aliphatic carbocycles. The fraction of sp³-hybridized carbons (Fsp3) is 0.412. The molecule has 0 saturated carbocycles. The fourth-order valence-electron chi connectivity index (χ4n) is 3.50. The van der Waals surface area contributed by atoms with Crippen LogP contribution in [0.4, 0.5) is 0 Å². The predicted octanol–water partition coefficient (Wildman–Crippen LogP) is 1.63. The Hall–Kier alpha value is -2.05. The third-order valence-electron chi connectivity index (χ3n) is 4.80. The monoisotopic (exact) mass is 348 g/mol. The van der Waals surface area contributed by atoms with Crippen molar-refractivity contribution in [3.63, 3.8) is 0 Å². The van der Waals surface area contributed by atoms with Gasteiger partial charge in [0.05, 0.1) is 6.04 Å². The first-order chi connectivity index (χ1) is 11.3. The molecule has 2 N–H and O–H groups in total. The summed E-state index contributed by atoms with van der Waals surface area (Å²) in [5.41, 5.74) is 0.428. The van der Waals surface area contributed by atoms with Gasteiger partial charge in [-0.3, -0.25) is 9.48 Å². The maximum atomic E-state index is 13.1. The van der Waals surface area contributed by atoms with Crippen LogP contribution in [0, 0.1) is 0 Å². The lowest BCUT2D eigenvalue weighted by Crippen LogP contribution is -2.55. The molecular weight excluding hydrogens is 328 g/mol. The smallest absolute Gasteiger partial charge is 0.248 e. The summed E-state index contributed by atoms with van der Waals surface area (Å²) in [6.07, 6.45) is 5.07. The highest BCUT2D eigenvalue weighted by Gasteiger charge is 2.43. The Bertz CT molecular complexity index is 698. The van der Waals surface area contributed by atoms with Crippen LogP contribution in [-0.2, 0) is 10.3 Å². The molecule has 1 atom stereocenters. The highest BCUT2D eigenvalue weighted by molar-refractivity contribution is 5.85. The number of carbonyl (C=O) groups is 1. The van der Waals surface area contributed by atoms with Gasteiger partial charge in [0.25, 0.3) is 0 Å². The second-order valence-electron chi connectivity index (χ2n) is 6.11. The summed E-state index contributed by atoms with van der Waals surface area (Å²) in [6, 6.07) is 9.64. The van der Waals surface area contributed by atoms with Crippen molar-refractivity contribution in [1.29, 1.82) is 0 Å². The Morgan fingerprint density at radius 2 is 2.08 bits per heavy atom. The van der Waals surface area contributed by atoms with Gasteiger partial charge in [0.15, 0.2) is 0 Å². The van der Waals surface area contributed by atoms with Crippen LogP contribution in [0.25, 0.3) is 0 Å². The molecule has 0 radical (unpaired) electrons. The highest BCUT2D eigenvalue weighted by Crippen LogP contribution is 2.34. The van der Waals surface area contributed by atoms with Crippen LogP contribution >= 0.6 is 12.4 Å². The zero-order valence-corrected chi connectivity index (χ0v) is 14.1. The molecule has 24 heavy (non-hydrogen) atoms. The molecule has 1 aromatic carbocycles. The van der Waals surface area contributed by atoms with E-state index in [1.165, 1.54) is 0 Å². The van der Waals surface area contributed by atoms with Crippen LogP contribution in [0.5, 0.6) is 5.75 Å². The Morgan fingerprint density at radius 3 is 2.83 bits per heavy atom. The van der Waals surface area contributed by atoms with Gasteiger partial charge in [-0.15, -0.1) is 12.4 Å². The molecule has 4 rings (SSSR count). The molecule has 1 saturated heterocycles. The Balaban J connectivity index is 0.00000169. The Morgan fingerprint density at radius 1 is 1.29 bits per heavy atom. The maximum absolute atomic E-state index is 13.1. The average molecular weight is 349 g/mol. The molecule has 3 heterocycles. The SMILES string of the molecule is Cl.O=C(NC1COc2ccccc21)C1(n2cccn2)CCNCC1. The summed E-state index contributed by atoms with van der Waals surface area (Å²) >= 11 is 0. The number of aromatic nitrogens is 2. The second-order valence-corrected chi connectivity index (χ2v) is 6.11. The fourth-order valence-corrected chi connectivity index (χ4v) is 3.50. The van der Waals surface area contributed by atoms with Crippen LogP contribution in [0.2, 0.25) is 0 Å². The molecule has 0 spiro atoms. The van der Waals surface area contributed by atoms with E-state index in [0.29, 0.717) is 6.61 Å². The van der Waals surface area contributed by atoms with Crippen molar-refractivity contribution in [3.05, 3.63) is 48.3 Å². The van der Waals surface area contributed by atoms with Gasteiger partial charge in [-0.05, 0) is 38.1 Å². The van der Waals surface area contributed by atoms with Gasteiger partial charge in [0.2, 0.25) is 5.91 Å². The largest absolute Gasteiger partial charge is 0.491 e. The van der Waals surface area contributed by atoms with Gasteiger partial charge in [-0.1, -0.05) is 18.2 Å². The number of ether oxygens (including phenoxy) is 1. The zero-order chi connectivity index (χ0) is 15.7. The van der Waals surface area contributed by atoms with E-state index in [1.807, 2.05) is 41.2 Å². The molecule has 1 unspecified atom stereocenters. The van der Waals surface area contributed by atoms with Crippen molar-refractivity contribution < 1.29 is 9.53 Å². The summed E-state index contributed by atoms with van der Waals surface area (Å²) in [4.78, 5) is 13.1. The molecule has 0 bridgehead atoms. The number of nitrogens with zero attached hydrogens (tertiary/aromatic N) is 2. The average Bonchev–Trinajstić information content (AvgIpc) is 3.26. The first kappa shape index (κ1) is 16.8. The lowest BCUT2D eigenvalue weighted by Gasteiger charge is -2.37. The molecule has 2 aliphatic rings. The van der Waals surface area contributed by atoms with Crippen molar-refractivity contribution in [2.45, 2.75) is 24.4 Å². The standard InChI is InChI=1S/C17H20N4O2.ClH/c22-16(20-14-12-23-15-5-2-1-4-13(14)15)17(6-9-18-10-7-17)21-11-3-8-19-21;/h1-5,8,11,14,18H,6-7,9-10,12H2,(H,20,22);1H. The van der Waals surface area contributed by atoms with E-state index < -0.39 is 5.54 Å². The first-order valence-electron chi connectivity index (χ1n) is 8.03. The molecule has 1 fully saturated rings. The van der Waals surface area contributed by atoms with Gasteiger partial charge >= 0.3 is 0 Å². The van der Waals surface area contributed by atoms with E-state index in [1.54, 1.807) is 6.20 Å². The van der Waals surface area contributed by atoms with E-state index in [2.05, 4.69) is 15.7 Å². The van der Waals surface area contributed by atoms with Crippen LogP contribution in [0.3, 0.4) is 0 Å². The minimum atomic E-state index is -0.619. The van der Waals surface area contributed by atoms with E-state index in [9.17, 15) is 4.79 Å². The van der Waals surface area contributed by atoms with E-state index in [-0.39, 0.29) is 24.4 Å². The second kappa shape index (κ2) is 6.83. The number of amides is 1. The van der Waals surface area contributed by atoms with Crippen LogP contribution in [0.15, 0.2) is 42.7 Å². The minimum absolute atomic E-state index is 0. The molecule has 6 nitrogen and oxygen atoms in total. The summed E-state index contributed by atoms with van der Waals surface area (Å²) in [5, 5.41) is 10.8. The number of benzene rings is 1. The number of hydrogen-bond donors (Lipinski definition) is 2. The van der Waals surface area contributed by atoms with Crippen molar-refractivity contribution in [1.82, 2.24) is 20.4 Å². The number of rotatable bonds is 3. The van der Waals surface area contributed by atoms with Gasteiger partial charge in [0.1, 0.15) is 17.9 Å². The van der Waals surface area contributed by atoms with Crippen LogP contribution in [0.1, 0.15) is 24.4 Å². The van der Waals surface area contributed by atoms with Crippen LogP contribution < -0.4 is 15.4 Å². The lowest BCUT2D eigenvalue weighted by molar-refractivity contribution is -0.132. The number of nitrogens with one attached hydrogen (secondary N) is 2. The van der Waals surface area contributed by atoms with Crippen molar-refractivity contribution >= 4 is 18.3 Å². The molecule has 2 aromatic rings. The van der Waals surface area contributed by atoms with Gasteiger partial charge in [0, 0.05) is 18.0 Å². The topological polar surface area (TPSA) is 68.2 Å². The van der Waals surface area contributed by atoms with E-state index >= 15 is 0 Å². The molecular formula is C17H21ClN4O2. The molecule has 1 aromatic heterocycles.